The number of fused-ring (bicyclic) bond motifs is 8. The standard InChI is InChI=1S/C36H21N5O/c1-3-9-22(10-4-1)34-38-35(23-11-5-2-6-12-23)40-36(39-34)41-30-20-24-17-18-37-21-25(24)19-29(30)27-15-16-28-26-13-7-8-14-31(26)42-33(28)32(27)41/h1-21H. The fraction of sp³-hybridized carbons (Fsp3) is 0. The van der Waals surface area contributed by atoms with Gasteiger partial charge in [0.15, 0.2) is 17.2 Å². The van der Waals surface area contributed by atoms with Crippen LogP contribution in [-0.4, -0.2) is 24.5 Å². The lowest BCUT2D eigenvalue weighted by molar-refractivity contribution is 0.670. The molecule has 42 heavy (non-hydrogen) atoms. The number of aromatic nitrogens is 5. The summed E-state index contributed by atoms with van der Waals surface area (Å²) in [5.41, 5.74) is 5.40. The van der Waals surface area contributed by atoms with Crippen molar-refractivity contribution in [2.45, 2.75) is 0 Å². The quantitative estimate of drug-likeness (QED) is 0.224. The molecule has 0 saturated carbocycles. The van der Waals surface area contributed by atoms with Crippen molar-refractivity contribution in [2.24, 2.45) is 0 Å². The van der Waals surface area contributed by atoms with Crippen molar-refractivity contribution in [1.82, 2.24) is 24.5 Å². The van der Waals surface area contributed by atoms with Crippen LogP contribution in [0.3, 0.4) is 0 Å². The number of hydrogen-bond donors (Lipinski definition) is 0. The van der Waals surface area contributed by atoms with Gasteiger partial charge in [-0.15, -0.1) is 0 Å². The highest BCUT2D eigenvalue weighted by molar-refractivity contribution is 6.22. The molecule has 4 heterocycles. The van der Waals surface area contributed by atoms with E-state index < -0.39 is 0 Å². The maximum absolute atomic E-state index is 6.58. The molecule has 0 spiro atoms. The maximum Gasteiger partial charge on any atom is 0.238 e. The Bertz CT molecular complexity index is 2400. The molecule has 0 unspecified atom stereocenters. The van der Waals surface area contributed by atoms with E-state index in [0.717, 1.165) is 65.6 Å². The van der Waals surface area contributed by atoms with Gasteiger partial charge in [0.05, 0.1) is 5.52 Å². The van der Waals surface area contributed by atoms with Gasteiger partial charge in [0.1, 0.15) is 11.1 Å². The van der Waals surface area contributed by atoms with E-state index in [1.54, 1.807) is 0 Å². The summed E-state index contributed by atoms with van der Waals surface area (Å²) in [7, 11) is 0. The van der Waals surface area contributed by atoms with E-state index in [4.69, 9.17) is 19.4 Å². The van der Waals surface area contributed by atoms with Gasteiger partial charge in [-0.1, -0.05) is 84.9 Å². The number of para-hydroxylation sites is 1. The molecule has 9 aromatic rings. The maximum atomic E-state index is 6.58. The summed E-state index contributed by atoms with van der Waals surface area (Å²) in [4.78, 5) is 19.5. The summed E-state index contributed by atoms with van der Waals surface area (Å²) in [6, 6.07) is 39.0. The zero-order valence-corrected chi connectivity index (χ0v) is 22.3. The summed E-state index contributed by atoms with van der Waals surface area (Å²) < 4.78 is 8.72. The summed E-state index contributed by atoms with van der Waals surface area (Å²) in [5, 5.41) is 6.42. The average Bonchev–Trinajstić information content (AvgIpc) is 3.60. The first-order valence-corrected chi connectivity index (χ1v) is 13.8. The first kappa shape index (κ1) is 22.9. The molecule has 0 aliphatic rings. The van der Waals surface area contributed by atoms with Gasteiger partial charge in [-0.25, -0.2) is 4.98 Å². The van der Waals surface area contributed by atoms with Crippen LogP contribution in [0, 0.1) is 0 Å². The number of furan rings is 1. The van der Waals surface area contributed by atoms with Crippen molar-refractivity contribution in [3.63, 3.8) is 0 Å². The minimum absolute atomic E-state index is 0.532. The van der Waals surface area contributed by atoms with Crippen LogP contribution in [0.4, 0.5) is 0 Å². The van der Waals surface area contributed by atoms with Crippen molar-refractivity contribution in [3.8, 4) is 28.7 Å². The highest BCUT2D eigenvalue weighted by Crippen LogP contribution is 2.41. The van der Waals surface area contributed by atoms with Gasteiger partial charge in [0.2, 0.25) is 5.95 Å². The third-order valence-electron chi connectivity index (χ3n) is 7.92. The van der Waals surface area contributed by atoms with Gasteiger partial charge in [-0.2, -0.15) is 9.97 Å². The van der Waals surface area contributed by atoms with Gasteiger partial charge in [0, 0.05) is 50.5 Å². The molecular formula is C36H21N5O. The van der Waals surface area contributed by atoms with Crippen LogP contribution in [0.5, 0.6) is 0 Å². The topological polar surface area (TPSA) is 69.6 Å². The molecule has 0 aliphatic heterocycles. The van der Waals surface area contributed by atoms with Crippen LogP contribution in [0.15, 0.2) is 132 Å². The second-order valence-electron chi connectivity index (χ2n) is 10.4. The fourth-order valence-corrected chi connectivity index (χ4v) is 5.96. The number of hydrogen-bond acceptors (Lipinski definition) is 5. The minimum Gasteiger partial charge on any atom is -0.454 e. The summed E-state index contributed by atoms with van der Waals surface area (Å²) in [6.45, 7) is 0. The van der Waals surface area contributed by atoms with Gasteiger partial charge in [-0.3, -0.25) is 9.55 Å². The second kappa shape index (κ2) is 8.81. The van der Waals surface area contributed by atoms with E-state index in [0.29, 0.717) is 17.6 Å². The molecule has 0 atom stereocenters. The minimum atomic E-state index is 0.532. The zero-order chi connectivity index (χ0) is 27.6. The van der Waals surface area contributed by atoms with Crippen molar-refractivity contribution in [1.29, 1.82) is 0 Å². The number of benzene rings is 5. The lowest BCUT2D eigenvalue weighted by atomic mass is 10.1. The Kier molecular flexibility index (Phi) is 4.80. The van der Waals surface area contributed by atoms with Gasteiger partial charge >= 0.3 is 0 Å². The molecule has 196 valence electrons. The molecule has 4 aromatic heterocycles. The predicted molar refractivity (Wildman–Crippen MR) is 168 cm³/mol. The smallest absolute Gasteiger partial charge is 0.238 e. The normalized spacial score (nSPS) is 11.8. The number of rotatable bonds is 3. The third kappa shape index (κ3) is 3.39. The molecule has 9 rings (SSSR count). The Hall–Kier alpha value is -5.88. The van der Waals surface area contributed by atoms with Gasteiger partial charge < -0.3 is 4.42 Å². The van der Waals surface area contributed by atoms with Crippen LogP contribution >= 0.6 is 0 Å². The zero-order valence-electron chi connectivity index (χ0n) is 22.3. The first-order valence-electron chi connectivity index (χ1n) is 13.8. The summed E-state index contributed by atoms with van der Waals surface area (Å²) in [6.07, 6.45) is 3.73. The molecular weight excluding hydrogens is 518 g/mol. The molecule has 5 aromatic carbocycles. The largest absolute Gasteiger partial charge is 0.454 e. The van der Waals surface area contributed by atoms with E-state index in [1.165, 1.54) is 0 Å². The molecule has 0 radical (unpaired) electrons. The van der Waals surface area contributed by atoms with Crippen molar-refractivity contribution < 1.29 is 4.42 Å². The molecule has 0 N–H and O–H groups in total. The van der Waals surface area contributed by atoms with E-state index in [9.17, 15) is 0 Å². The SMILES string of the molecule is c1ccc(-c2nc(-c3ccccc3)nc(-n3c4cc5ccncc5cc4c4ccc5c6ccccc6oc5c43)n2)cc1. The van der Waals surface area contributed by atoms with Crippen LogP contribution in [0.2, 0.25) is 0 Å². The predicted octanol–water partition coefficient (Wildman–Crippen LogP) is 8.75. The Morgan fingerprint density at radius 2 is 1.24 bits per heavy atom. The Morgan fingerprint density at radius 1 is 0.548 bits per heavy atom. The van der Waals surface area contributed by atoms with E-state index in [-0.39, 0.29) is 0 Å². The molecule has 0 fully saturated rings. The van der Waals surface area contributed by atoms with Crippen LogP contribution in [-0.2, 0) is 0 Å². The molecule has 0 bridgehead atoms. The number of pyridine rings is 1. The van der Waals surface area contributed by atoms with Crippen LogP contribution < -0.4 is 0 Å². The lowest BCUT2D eigenvalue weighted by Crippen LogP contribution is -2.06. The van der Waals surface area contributed by atoms with E-state index >= 15 is 0 Å². The van der Waals surface area contributed by atoms with Crippen LogP contribution in [0.25, 0.3) is 83.2 Å². The summed E-state index contributed by atoms with van der Waals surface area (Å²) in [5.74, 6) is 1.75. The Morgan fingerprint density at radius 3 is 2.00 bits per heavy atom. The Balaban J connectivity index is 1.47. The highest BCUT2D eigenvalue weighted by Gasteiger charge is 2.22. The lowest BCUT2D eigenvalue weighted by Gasteiger charge is -2.11. The van der Waals surface area contributed by atoms with E-state index in [1.807, 2.05) is 97.3 Å². The highest BCUT2D eigenvalue weighted by atomic mass is 16.3. The van der Waals surface area contributed by atoms with E-state index in [2.05, 4.69) is 39.9 Å². The van der Waals surface area contributed by atoms with Gasteiger partial charge in [0.25, 0.3) is 0 Å². The van der Waals surface area contributed by atoms with Crippen LogP contribution in [0.1, 0.15) is 0 Å². The summed E-state index contributed by atoms with van der Waals surface area (Å²) >= 11 is 0. The fourth-order valence-electron chi connectivity index (χ4n) is 5.96. The molecule has 6 nitrogen and oxygen atoms in total. The molecule has 0 amide bonds. The number of nitrogens with zero attached hydrogens (tertiary/aromatic N) is 5. The van der Waals surface area contributed by atoms with Crippen molar-refractivity contribution >= 4 is 54.5 Å². The average molecular weight is 540 g/mol. The van der Waals surface area contributed by atoms with Gasteiger partial charge in [-0.05, 0) is 35.7 Å². The van der Waals surface area contributed by atoms with Crippen molar-refractivity contribution in [3.05, 3.63) is 128 Å². The first-order chi connectivity index (χ1) is 20.8. The molecule has 0 aliphatic carbocycles. The monoisotopic (exact) mass is 539 g/mol. The Labute approximate surface area is 239 Å². The molecule has 6 heteroatoms. The second-order valence-corrected chi connectivity index (χ2v) is 10.4. The van der Waals surface area contributed by atoms with Crippen molar-refractivity contribution in [2.75, 3.05) is 0 Å². The third-order valence-corrected chi connectivity index (χ3v) is 7.92. The molecule has 0 saturated heterocycles.